The van der Waals surface area contributed by atoms with Crippen LogP contribution in [-0.2, 0) is 9.53 Å². The van der Waals surface area contributed by atoms with E-state index < -0.39 is 5.97 Å². The lowest BCUT2D eigenvalue weighted by Crippen LogP contribution is -2.45. The predicted octanol–water partition coefficient (Wildman–Crippen LogP) is 3.60. The number of piperidine rings is 1. The number of amides is 1. The van der Waals surface area contributed by atoms with Crippen LogP contribution in [0.3, 0.4) is 0 Å². The van der Waals surface area contributed by atoms with Crippen LogP contribution in [0.4, 0.5) is 0 Å². The number of aromatic nitrogens is 1. The highest BCUT2D eigenvalue weighted by atomic mass is 16.5. The second-order valence-corrected chi connectivity index (χ2v) is 6.55. The van der Waals surface area contributed by atoms with Gasteiger partial charge in [0.05, 0.1) is 0 Å². The van der Waals surface area contributed by atoms with Crippen molar-refractivity contribution in [1.29, 1.82) is 0 Å². The maximum Gasteiger partial charge on any atom is 0.344 e. The second kappa shape index (κ2) is 8.17. The van der Waals surface area contributed by atoms with Gasteiger partial charge in [0.2, 0.25) is 0 Å². The first-order chi connectivity index (χ1) is 12.6. The van der Waals surface area contributed by atoms with Crippen LogP contribution in [0.1, 0.15) is 48.7 Å². The van der Waals surface area contributed by atoms with Crippen molar-refractivity contribution in [3.8, 4) is 11.3 Å². The number of aryl methyl sites for hydroxylation is 1. The van der Waals surface area contributed by atoms with Crippen molar-refractivity contribution in [3.05, 3.63) is 41.7 Å². The topological polar surface area (TPSA) is 72.6 Å². The van der Waals surface area contributed by atoms with Crippen LogP contribution in [0.25, 0.3) is 11.3 Å². The van der Waals surface area contributed by atoms with E-state index in [2.05, 4.69) is 12.1 Å². The van der Waals surface area contributed by atoms with Gasteiger partial charge in [-0.25, -0.2) is 4.79 Å². The molecule has 1 saturated heterocycles. The van der Waals surface area contributed by atoms with E-state index in [4.69, 9.17) is 9.26 Å². The Morgan fingerprint density at radius 1 is 1.27 bits per heavy atom. The molecule has 1 amide bonds. The molecule has 1 aromatic carbocycles. The van der Waals surface area contributed by atoms with Gasteiger partial charge in [-0.2, -0.15) is 0 Å². The molecule has 1 aliphatic heterocycles. The first kappa shape index (κ1) is 18.2. The minimum atomic E-state index is -0.582. The molecule has 1 aliphatic rings. The lowest BCUT2D eigenvalue weighted by atomic mass is 10.00. The lowest BCUT2D eigenvalue weighted by Gasteiger charge is -2.35. The summed E-state index contributed by atoms with van der Waals surface area (Å²) in [6, 6.07) is 9.54. The van der Waals surface area contributed by atoms with Crippen LogP contribution in [0.15, 0.2) is 34.9 Å². The predicted molar refractivity (Wildman–Crippen MR) is 96.6 cm³/mol. The molecular formula is C20H24N2O4. The number of hydrogen-bond acceptors (Lipinski definition) is 5. The van der Waals surface area contributed by atoms with Crippen molar-refractivity contribution in [2.45, 2.75) is 45.6 Å². The number of carbonyl (C=O) groups is 2. The Hall–Kier alpha value is -2.63. The fourth-order valence-electron chi connectivity index (χ4n) is 3.44. The molecule has 2 heterocycles. The van der Waals surface area contributed by atoms with Gasteiger partial charge in [-0.1, -0.05) is 42.4 Å². The summed E-state index contributed by atoms with van der Waals surface area (Å²) in [5.74, 6) is -0.341. The minimum Gasteiger partial charge on any atom is -0.452 e. The molecular weight excluding hydrogens is 332 g/mol. The molecule has 0 aliphatic carbocycles. The van der Waals surface area contributed by atoms with Crippen molar-refractivity contribution in [1.82, 2.24) is 10.1 Å². The second-order valence-electron chi connectivity index (χ2n) is 6.55. The summed E-state index contributed by atoms with van der Waals surface area (Å²) in [6.07, 6.45) is 4.07. The lowest BCUT2D eigenvalue weighted by molar-refractivity contribution is -0.138. The fourth-order valence-corrected chi connectivity index (χ4v) is 3.44. The Labute approximate surface area is 153 Å². The Morgan fingerprint density at radius 3 is 2.77 bits per heavy atom. The van der Waals surface area contributed by atoms with Gasteiger partial charge >= 0.3 is 5.97 Å². The molecule has 6 heteroatoms. The molecule has 0 N–H and O–H groups in total. The normalized spacial score (nSPS) is 17.2. The summed E-state index contributed by atoms with van der Waals surface area (Å²) < 4.78 is 10.5. The molecule has 0 saturated carbocycles. The Bertz CT molecular complexity index is 769. The number of esters is 1. The number of benzene rings is 1. The molecule has 1 fully saturated rings. The van der Waals surface area contributed by atoms with Crippen molar-refractivity contribution in [3.63, 3.8) is 0 Å². The number of ether oxygens (including phenoxy) is 1. The van der Waals surface area contributed by atoms with Crippen molar-refractivity contribution in [2.24, 2.45) is 0 Å². The zero-order chi connectivity index (χ0) is 18.5. The minimum absolute atomic E-state index is 0.139. The van der Waals surface area contributed by atoms with Gasteiger partial charge in [0.25, 0.3) is 5.91 Å². The standard InChI is InChI=1S/C20H24N2O4/c1-3-16-11-7-8-12-22(16)17(23)13-25-20(24)18-14(2)26-21-19(18)15-9-5-4-6-10-15/h4-6,9-10,16H,3,7-8,11-13H2,1-2H3/t16-/m0/s1. The largest absolute Gasteiger partial charge is 0.452 e. The smallest absolute Gasteiger partial charge is 0.344 e. The quantitative estimate of drug-likeness (QED) is 0.766. The zero-order valence-electron chi connectivity index (χ0n) is 15.2. The van der Waals surface area contributed by atoms with Crippen LogP contribution in [0.2, 0.25) is 0 Å². The monoisotopic (exact) mass is 356 g/mol. The van der Waals surface area contributed by atoms with E-state index >= 15 is 0 Å². The SMILES string of the molecule is CC[C@H]1CCCCN1C(=O)COC(=O)c1c(-c2ccccc2)noc1C. The van der Waals surface area contributed by atoms with Gasteiger partial charge in [0, 0.05) is 18.2 Å². The molecule has 3 rings (SSSR count). The summed E-state index contributed by atoms with van der Waals surface area (Å²) in [6.45, 7) is 4.22. The Morgan fingerprint density at radius 2 is 2.04 bits per heavy atom. The van der Waals surface area contributed by atoms with Crippen LogP contribution in [-0.4, -0.2) is 41.1 Å². The third kappa shape index (κ3) is 3.79. The molecule has 0 bridgehead atoms. The first-order valence-electron chi connectivity index (χ1n) is 9.10. The van der Waals surface area contributed by atoms with E-state index in [1.807, 2.05) is 35.2 Å². The van der Waals surface area contributed by atoms with Crippen LogP contribution in [0, 0.1) is 6.92 Å². The van der Waals surface area contributed by atoms with E-state index in [0.29, 0.717) is 11.5 Å². The van der Waals surface area contributed by atoms with E-state index in [1.54, 1.807) is 6.92 Å². The molecule has 6 nitrogen and oxygen atoms in total. The summed E-state index contributed by atoms with van der Waals surface area (Å²) in [5, 5.41) is 3.98. The number of hydrogen-bond donors (Lipinski definition) is 0. The van der Waals surface area contributed by atoms with E-state index in [9.17, 15) is 9.59 Å². The highest BCUT2D eigenvalue weighted by Gasteiger charge is 2.28. The fraction of sp³-hybridized carbons (Fsp3) is 0.450. The van der Waals surface area contributed by atoms with Gasteiger partial charge in [0.1, 0.15) is 17.0 Å². The molecule has 1 atom stereocenters. The van der Waals surface area contributed by atoms with E-state index in [0.717, 1.165) is 37.8 Å². The Balaban J connectivity index is 1.69. The van der Waals surface area contributed by atoms with Gasteiger partial charge in [-0.15, -0.1) is 0 Å². The number of rotatable bonds is 5. The van der Waals surface area contributed by atoms with Gasteiger partial charge in [0.15, 0.2) is 6.61 Å². The average Bonchev–Trinajstić information content (AvgIpc) is 3.08. The molecule has 26 heavy (non-hydrogen) atoms. The first-order valence-corrected chi connectivity index (χ1v) is 9.10. The highest BCUT2D eigenvalue weighted by molar-refractivity contribution is 5.98. The molecule has 1 aromatic heterocycles. The maximum absolute atomic E-state index is 12.6. The summed E-state index contributed by atoms with van der Waals surface area (Å²) in [5.41, 5.74) is 1.48. The highest BCUT2D eigenvalue weighted by Crippen LogP contribution is 2.26. The van der Waals surface area contributed by atoms with Gasteiger partial charge in [-0.3, -0.25) is 4.79 Å². The van der Waals surface area contributed by atoms with E-state index in [1.165, 1.54) is 0 Å². The molecule has 0 spiro atoms. The molecule has 2 aromatic rings. The maximum atomic E-state index is 12.6. The number of carbonyl (C=O) groups excluding carboxylic acids is 2. The van der Waals surface area contributed by atoms with Crippen LogP contribution >= 0.6 is 0 Å². The van der Waals surface area contributed by atoms with Crippen LogP contribution in [0.5, 0.6) is 0 Å². The molecule has 138 valence electrons. The van der Waals surface area contributed by atoms with Crippen molar-refractivity contribution < 1.29 is 18.8 Å². The molecule has 0 radical (unpaired) electrons. The summed E-state index contributed by atoms with van der Waals surface area (Å²) in [4.78, 5) is 26.9. The third-order valence-electron chi connectivity index (χ3n) is 4.86. The van der Waals surface area contributed by atoms with Crippen molar-refractivity contribution >= 4 is 11.9 Å². The summed E-state index contributed by atoms with van der Waals surface area (Å²) >= 11 is 0. The third-order valence-corrected chi connectivity index (χ3v) is 4.86. The number of nitrogens with zero attached hydrogens (tertiary/aromatic N) is 2. The van der Waals surface area contributed by atoms with Gasteiger partial charge in [-0.05, 0) is 32.6 Å². The molecule has 0 unspecified atom stereocenters. The Kier molecular flexibility index (Phi) is 5.71. The number of likely N-dealkylation sites (tertiary alicyclic amines) is 1. The zero-order valence-corrected chi connectivity index (χ0v) is 15.2. The van der Waals surface area contributed by atoms with Gasteiger partial charge < -0.3 is 14.2 Å². The van der Waals surface area contributed by atoms with Crippen LogP contribution < -0.4 is 0 Å². The summed E-state index contributed by atoms with van der Waals surface area (Å²) in [7, 11) is 0. The van der Waals surface area contributed by atoms with Crippen molar-refractivity contribution in [2.75, 3.05) is 13.2 Å². The average molecular weight is 356 g/mol. The van der Waals surface area contributed by atoms with E-state index in [-0.39, 0.29) is 24.1 Å².